The third kappa shape index (κ3) is 2.38. The number of halogens is 2. The Balaban J connectivity index is 3.25. The van der Waals surface area contributed by atoms with Crippen molar-refractivity contribution in [1.29, 1.82) is 0 Å². The highest BCUT2D eigenvalue weighted by Crippen LogP contribution is 2.22. The highest BCUT2D eigenvalue weighted by atomic mass is 127. The third-order valence-corrected chi connectivity index (χ3v) is 2.63. The zero-order valence-electron chi connectivity index (χ0n) is 7.09. The smallest absolute Gasteiger partial charge is 0.136 e. The van der Waals surface area contributed by atoms with Crippen LogP contribution in [0.3, 0.4) is 0 Å². The molecule has 0 bridgehead atoms. The summed E-state index contributed by atoms with van der Waals surface area (Å²) in [6.45, 7) is 1.36. The van der Waals surface area contributed by atoms with Crippen LogP contribution in [0.15, 0.2) is 12.1 Å². The van der Waals surface area contributed by atoms with Crippen LogP contribution in [0.25, 0.3) is 0 Å². The molecule has 13 heavy (non-hydrogen) atoms. The minimum absolute atomic E-state index is 0.184. The van der Waals surface area contributed by atoms with Gasteiger partial charge in [-0.1, -0.05) is 0 Å². The Morgan fingerprint density at radius 2 is 2.15 bits per heavy atom. The molecular formula is C9H10FIO2. The molecule has 1 atom stereocenters. The van der Waals surface area contributed by atoms with Gasteiger partial charge in [0.15, 0.2) is 0 Å². The molecule has 0 aromatic heterocycles. The van der Waals surface area contributed by atoms with E-state index in [2.05, 4.69) is 0 Å². The molecule has 1 aromatic rings. The van der Waals surface area contributed by atoms with E-state index in [-0.39, 0.29) is 12.4 Å². The molecule has 0 saturated heterocycles. The first kappa shape index (κ1) is 10.9. The van der Waals surface area contributed by atoms with E-state index in [9.17, 15) is 9.50 Å². The first-order valence-electron chi connectivity index (χ1n) is 3.83. The van der Waals surface area contributed by atoms with Gasteiger partial charge in [-0.15, -0.1) is 0 Å². The van der Waals surface area contributed by atoms with Crippen molar-refractivity contribution in [3.05, 3.63) is 32.6 Å². The van der Waals surface area contributed by atoms with Gasteiger partial charge in [-0.2, -0.15) is 0 Å². The molecule has 0 radical (unpaired) electrons. The fourth-order valence-electron chi connectivity index (χ4n) is 1.13. The zero-order chi connectivity index (χ0) is 10.0. The van der Waals surface area contributed by atoms with Crippen LogP contribution in [0, 0.1) is 9.39 Å². The molecule has 1 unspecified atom stereocenters. The minimum Gasteiger partial charge on any atom is -0.392 e. The van der Waals surface area contributed by atoms with Gasteiger partial charge in [-0.3, -0.25) is 0 Å². The summed E-state index contributed by atoms with van der Waals surface area (Å²) in [5.41, 5.74) is 1.02. The van der Waals surface area contributed by atoms with Gasteiger partial charge < -0.3 is 10.2 Å². The van der Waals surface area contributed by atoms with Crippen molar-refractivity contribution in [3.8, 4) is 0 Å². The van der Waals surface area contributed by atoms with E-state index in [1.165, 1.54) is 12.1 Å². The van der Waals surface area contributed by atoms with E-state index in [1.54, 1.807) is 6.92 Å². The highest BCUT2D eigenvalue weighted by Gasteiger charge is 2.11. The van der Waals surface area contributed by atoms with Gasteiger partial charge in [-0.25, -0.2) is 4.39 Å². The van der Waals surface area contributed by atoms with Crippen LogP contribution in [0.5, 0.6) is 0 Å². The minimum atomic E-state index is -0.756. The van der Waals surface area contributed by atoms with E-state index >= 15 is 0 Å². The Bertz CT molecular complexity index is 313. The molecule has 0 saturated carbocycles. The monoisotopic (exact) mass is 296 g/mol. The molecule has 0 fully saturated rings. The van der Waals surface area contributed by atoms with E-state index < -0.39 is 6.10 Å². The molecule has 0 aliphatic rings. The molecule has 0 amide bonds. The lowest BCUT2D eigenvalue weighted by atomic mass is 10.0. The van der Waals surface area contributed by atoms with Crippen molar-refractivity contribution >= 4 is 22.6 Å². The molecule has 0 aliphatic heterocycles. The fraction of sp³-hybridized carbons (Fsp3) is 0.333. The van der Waals surface area contributed by atoms with E-state index in [0.29, 0.717) is 14.7 Å². The molecule has 72 valence electrons. The maximum atomic E-state index is 13.1. The normalized spacial score (nSPS) is 13.0. The maximum Gasteiger partial charge on any atom is 0.136 e. The summed E-state index contributed by atoms with van der Waals surface area (Å²) in [7, 11) is 0. The van der Waals surface area contributed by atoms with Crippen LogP contribution >= 0.6 is 22.6 Å². The standard InChI is InChI=1S/C9H10FIO2/c1-5(13)7-3-8(10)9(11)2-6(7)4-12/h2-3,5,12-13H,4H2,1H3. The van der Waals surface area contributed by atoms with Crippen LogP contribution in [0.4, 0.5) is 4.39 Å². The Labute approximate surface area is 89.5 Å². The quantitative estimate of drug-likeness (QED) is 0.819. The van der Waals surface area contributed by atoms with E-state index in [4.69, 9.17) is 5.11 Å². The zero-order valence-corrected chi connectivity index (χ0v) is 9.25. The summed E-state index contributed by atoms with van der Waals surface area (Å²) in [5, 5.41) is 18.2. The Hall–Kier alpha value is -0.200. The van der Waals surface area contributed by atoms with Gasteiger partial charge in [-0.05, 0) is 52.8 Å². The van der Waals surface area contributed by atoms with Crippen molar-refractivity contribution in [2.75, 3.05) is 0 Å². The summed E-state index contributed by atoms with van der Waals surface area (Å²) in [4.78, 5) is 0. The molecule has 1 aromatic carbocycles. The summed E-state index contributed by atoms with van der Waals surface area (Å²) in [6.07, 6.45) is -0.756. The molecule has 1 rings (SSSR count). The van der Waals surface area contributed by atoms with Crippen LogP contribution in [0.1, 0.15) is 24.2 Å². The second-order valence-corrected chi connectivity index (χ2v) is 3.96. The third-order valence-electron chi connectivity index (χ3n) is 1.80. The van der Waals surface area contributed by atoms with Crippen LogP contribution in [0.2, 0.25) is 0 Å². The van der Waals surface area contributed by atoms with Crippen molar-refractivity contribution in [2.45, 2.75) is 19.6 Å². The largest absolute Gasteiger partial charge is 0.392 e. The second kappa shape index (κ2) is 4.34. The number of hydrogen-bond acceptors (Lipinski definition) is 2. The van der Waals surface area contributed by atoms with Gasteiger partial charge >= 0.3 is 0 Å². The Morgan fingerprint density at radius 1 is 1.54 bits per heavy atom. The van der Waals surface area contributed by atoms with Crippen molar-refractivity contribution in [2.24, 2.45) is 0 Å². The first-order valence-corrected chi connectivity index (χ1v) is 4.91. The molecule has 0 heterocycles. The molecule has 2 N–H and O–H groups in total. The summed E-state index contributed by atoms with van der Waals surface area (Å²) >= 11 is 1.85. The molecular weight excluding hydrogens is 286 g/mol. The summed E-state index contributed by atoms with van der Waals surface area (Å²) < 4.78 is 13.5. The lowest BCUT2D eigenvalue weighted by molar-refractivity contribution is 0.193. The van der Waals surface area contributed by atoms with Gasteiger partial charge in [0.1, 0.15) is 5.82 Å². The molecule has 0 aliphatic carbocycles. The Kier molecular flexibility index (Phi) is 3.63. The van der Waals surface area contributed by atoms with Crippen molar-refractivity contribution in [3.63, 3.8) is 0 Å². The lowest BCUT2D eigenvalue weighted by Gasteiger charge is -2.11. The predicted octanol–water partition coefficient (Wildman–Crippen LogP) is 1.98. The average Bonchev–Trinajstić information content (AvgIpc) is 2.08. The first-order chi connectivity index (χ1) is 6.06. The number of aliphatic hydroxyl groups excluding tert-OH is 2. The number of hydrogen-bond donors (Lipinski definition) is 2. The van der Waals surface area contributed by atoms with E-state index in [1.807, 2.05) is 22.6 Å². The maximum absolute atomic E-state index is 13.1. The fourth-order valence-corrected chi connectivity index (χ4v) is 1.66. The number of rotatable bonds is 2. The predicted molar refractivity (Wildman–Crippen MR) is 55.7 cm³/mol. The number of benzene rings is 1. The topological polar surface area (TPSA) is 40.5 Å². The SMILES string of the molecule is CC(O)c1cc(F)c(I)cc1CO. The molecule has 4 heteroatoms. The second-order valence-electron chi connectivity index (χ2n) is 2.80. The molecule has 2 nitrogen and oxygen atoms in total. The molecule has 0 spiro atoms. The Morgan fingerprint density at radius 3 is 2.62 bits per heavy atom. The average molecular weight is 296 g/mol. The van der Waals surface area contributed by atoms with Gasteiger partial charge in [0.25, 0.3) is 0 Å². The summed E-state index contributed by atoms with van der Waals surface area (Å²) in [6, 6.07) is 2.80. The van der Waals surface area contributed by atoms with E-state index in [0.717, 1.165) is 0 Å². The highest BCUT2D eigenvalue weighted by molar-refractivity contribution is 14.1. The van der Waals surface area contributed by atoms with Gasteiger partial charge in [0.2, 0.25) is 0 Å². The summed E-state index contributed by atoms with van der Waals surface area (Å²) in [5.74, 6) is -0.367. The van der Waals surface area contributed by atoms with Crippen molar-refractivity contribution in [1.82, 2.24) is 0 Å². The van der Waals surface area contributed by atoms with Crippen LogP contribution in [-0.4, -0.2) is 10.2 Å². The number of aliphatic hydroxyl groups is 2. The lowest BCUT2D eigenvalue weighted by Crippen LogP contribution is -2.01. The van der Waals surface area contributed by atoms with Crippen LogP contribution < -0.4 is 0 Å². The van der Waals surface area contributed by atoms with Gasteiger partial charge in [0.05, 0.1) is 12.7 Å². The van der Waals surface area contributed by atoms with Crippen LogP contribution in [-0.2, 0) is 6.61 Å². The van der Waals surface area contributed by atoms with Gasteiger partial charge in [0, 0.05) is 3.57 Å². The van der Waals surface area contributed by atoms with Crippen molar-refractivity contribution < 1.29 is 14.6 Å².